The summed E-state index contributed by atoms with van der Waals surface area (Å²) in [5.41, 5.74) is 0.201. The van der Waals surface area contributed by atoms with Gasteiger partial charge in [-0.2, -0.15) is 0 Å². The van der Waals surface area contributed by atoms with E-state index in [4.69, 9.17) is 14.8 Å². The van der Waals surface area contributed by atoms with Crippen LogP contribution in [0.15, 0.2) is 30.4 Å². The van der Waals surface area contributed by atoms with Crippen LogP contribution >= 0.6 is 0 Å². The molecule has 80 valence electrons. The van der Waals surface area contributed by atoms with Crippen molar-refractivity contribution in [2.75, 3.05) is 6.61 Å². The van der Waals surface area contributed by atoms with Crippen LogP contribution in [-0.2, 0) is 0 Å². The van der Waals surface area contributed by atoms with Gasteiger partial charge in [-0.3, -0.25) is 0 Å². The molecule has 0 amide bonds. The standard InChI is InChI=1S/C10H12BFO3/c1-2-3-6-15-10-7-8(11(13)14)4-5-9(10)12/h2-5,7,13-14H,6H2,1H3/b3-2+. The highest BCUT2D eigenvalue weighted by molar-refractivity contribution is 6.58. The highest BCUT2D eigenvalue weighted by Crippen LogP contribution is 2.14. The van der Waals surface area contributed by atoms with E-state index >= 15 is 0 Å². The van der Waals surface area contributed by atoms with Crippen molar-refractivity contribution in [2.24, 2.45) is 0 Å². The van der Waals surface area contributed by atoms with Crippen LogP contribution < -0.4 is 10.2 Å². The lowest BCUT2D eigenvalue weighted by molar-refractivity contribution is 0.341. The summed E-state index contributed by atoms with van der Waals surface area (Å²) in [6, 6.07) is 3.70. The lowest BCUT2D eigenvalue weighted by Gasteiger charge is -2.06. The maximum absolute atomic E-state index is 13.1. The molecule has 1 aromatic rings. The molecule has 0 aliphatic carbocycles. The Labute approximate surface area is 88.0 Å². The van der Waals surface area contributed by atoms with Gasteiger partial charge in [0.25, 0.3) is 0 Å². The largest absolute Gasteiger partial charge is 0.488 e. The minimum Gasteiger partial charge on any atom is -0.486 e. The fourth-order valence-electron chi connectivity index (χ4n) is 1.03. The van der Waals surface area contributed by atoms with E-state index in [0.717, 1.165) is 6.07 Å². The molecule has 0 aliphatic heterocycles. The molecule has 0 atom stereocenters. The number of allylic oxidation sites excluding steroid dienone is 1. The van der Waals surface area contributed by atoms with Crippen molar-refractivity contribution in [1.82, 2.24) is 0 Å². The smallest absolute Gasteiger partial charge is 0.486 e. The van der Waals surface area contributed by atoms with E-state index in [1.54, 1.807) is 12.2 Å². The fraction of sp³-hybridized carbons (Fsp3) is 0.200. The molecule has 15 heavy (non-hydrogen) atoms. The van der Waals surface area contributed by atoms with E-state index in [9.17, 15) is 4.39 Å². The van der Waals surface area contributed by atoms with Crippen LogP contribution in [0.2, 0.25) is 0 Å². The highest BCUT2D eigenvalue weighted by atomic mass is 19.1. The average molecular weight is 210 g/mol. The molecule has 0 fully saturated rings. The van der Waals surface area contributed by atoms with E-state index in [1.807, 2.05) is 6.92 Å². The minimum absolute atomic E-state index is 0.0127. The number of rotatable bonds is 4. The molecule has 0 spiro atoms. The van der Waals surface area contributed by atoms with E-state index in [-0.39, 0.29) is 17.8 Å². The predicted octanol–water partition coefficient (Wildman–Crippen LogP) is 0.460. The zero-order valence-electron chi connectivity index (χ0n) is 8.35. The molecule has 0 aromatic heterocycles. The average Bonchev–Trinajstić information content (AvgIpc) is 2.20. The molecular formula is C10H12BFO3. The van der Waals surface area contributed by atoms with Gasteiger partial charge >= 0.3 is 7.12 Å². The Hall–Kier alpha value is -1.33. The topological polar surface area (TPSA) is 49.7 Å². The van der Waals surface area contributed by atoms with E-state index in [1.165, 1.54) is 12.1 Å². The molecule has 0 radical (unpaired) electrons. The first-order valence-electron chi connectivity index (χ1n) is 4.54. The summed E-state index contributed by atoms with van der Waals surface area (Å²) in [6.45, 7) is 2.08. The Morgan fingerprint density at radius 3 is 2.80 bits per heavy atom. The number of hydrogen-bond donors (Lipinski definition) is 2. The van der Waals surface area contributed by atoms with Gasteiger partial charge in [-0.25, -0.2) is 4.39 Å². The maximum Gasteiger partial charge on any atom is 0.488 e. The third-order valence-corrected chi connectivity index (χ3v) is 1.82. The van der Waals surface area contributed by atoms with Gasteiger partial charge in [0.15, 0.2) is 11.6 Å². The Balaban J connectivity index is 2.80. The van der Waals surface area contributed by atoms with Gasteiger partial charge in [-0.05, 0) is 24.5 Å². The van der Waals surface area contributed by atoms with Crippen molar-refractivity contribution in [3.05, 3.63) is 36.2 Å². The van der Waals surface area contributed by atoms with Crippen LogP contribution in [-0.4, -0.2) is 23.8 Å². The number of benzene rings is 1. The molecule has 0 saturated carbocycles. The normalized spacial score (nSPS) is 10.7. The molecule has 1 aromatic carbocycles. The van der Waals surface area contributed by atoms with Crippen molar-refractivity contribution < 1.29 is 19.2 Å². The predicted molar refractivity (Wildman–Crippen MR) is 56.5 cm³/mol. The monoisotopic (exact) mass is 210 g/mol. The van der Waals surface area contributed by atoms with Crippen LogP contribution in [0, 0.1) is 5.82 Å². The first-order valence-corrected chi connectivity index (χ1v) is 4.54. The Morgan fingerprint density at radius 2 is 2.20 bits per heavy atom. The Morgan fingerprint density at radius 1 is 1.47 bits per heavy atom. The number of ether oxygens (including phenoxy) is 1. The van der Waals surface area contributed by atoms with Crippen molar-refractivity contribution in [2.45, 2.75) is 6.92 Å². The Bertz CT molecular complexity index is 353. The Kier molecular flexibility index (Phi) is 4.33. The molecular weight excluding hydrogens is 198 g/mol. The second kappa shape index (κ2) is 5.53. The summed E-state index contributed by atoms with van der Waals surface area (Å²) < 4.78 is 18.2. The zero-order chi connectivity index (χ0) is 11.3. The van der Waals surface area contributed by atoms with Crippen molar-refractivity contribution in [3.63, 3.8) is 0 Å². The summed E-state index contributed by atoms with van der Waals surface area (Å²) in [7, 11) is -1.62. The summed E-state index contributed by atoms with van der Waals surface area (Å²) in [5.74, 6) is -0.511. The molecule has 1 rings (SSSR count). The van der Waals surface area contributed by atoms with Crippen molar-refractivity contribution >= 4 is 12.6 Å². The molecule has 5 heteroatoms. The van der Waals surface area contributed by atoms with Crippen LogP contribution in [0.1, 0.15) is 6.92 Å². The van der Waals surface area contributed by atoms with Gasteiger partial charge in [-0.15, -0.1) is 0 Å². The van der Waals surface area contributed by atoms with E-state index in [2.05, 4.69) is 0 Å². The molecule has 0 bridgehead atoms. The molecule has 2 N–H and O–H groups in total. The summed E-state index contributed by atoms with van der Waals surface area (Å²) in [6.07, 6.45) is 3.50. The second-order valence-electron chi connectivity index (χ2n) is 2.94. The van der Waals surface area contributed by atoms with E-state index in [0.29, 0.717) is 0 Å². The number of halogens is 1. The summed E-state index contributed by atoms with van der Waals surface area (Å²) in [5, 5.41) is 17.7. The van der Waals surface area contributed by atoms with Gasteiger partial charge in [-0.1, -0.05) is 18.2 Å². The van der Waals surface area contributed by atoms with Gasteiger partial charge in [0, 0.05) is 0 Å². The van der Waals surface area contributed by atoms with Gasteiger partial charge in [0.2, 0.25) is 0 Å². The summed E-state index contributed by atoms with van der Waals surface area (Å²) >= 11 is 0. The number of hydrogen-bond acceptors (Lipinski definition) is 3. The first kappa shape index (κ1) is 11.7. The first-order chi connectivity index (χ1) is 7.15. The lowest BCUT2D eigenvalue weighted by Crippen LogP contribution is -2.29. The summed E-state index contributed by atoms with van der Waals surface area (Å²) in [4.78, 5) is 0. The quantitative estimate of drug-likeness (QED) is 0.560. The van der Waals surface area contributed by atoms with E-state index < -0.39 is 12.9 Å². The van der Waals surface area contributed by atoms with Crippen LogP contribution in [0.4, 0.5) is 4.39 Å². The molecule has 0 heterocycles. The lowest BCUT2D eigenvalue weighted by atomic mass is 9.80. The second-order valence-corrected chi connectivity index (χ2v) is 2.94. The molecule has 0 unspecified atom stereocenters. The zero-order valence-corrected chi connectivity index (χ0v) is 8.35. The molecule has 0 saturated heterocycles. The fourth-order valence-corrected chi connectivity index (χ4v) is 1.03. The van der Waals surface area contributed by atoms with Gasteiger partial charge < -0.3 is 14.8 Å². The van der Waals surface area contributed by atoms with Crippen molar-refractivity contribution in [3.8, 4) is 5.75 Å². The van der Waals surface area contributed by atoms with Crippen LogP contribution in [0.5, 0.6) is 5.75 Å². The van der Waals surface area contributed by atoms with Crippen LogP contribution in [0.3, 0.4) is 0 Å². The molecule has 0 aliphatic rings. The van der Waals surface area contributed by atoms with Crippen molar-refractivity contribution in [1.29, 1.82) is 0 Å². The third kappa shape index (κ3) is 3.38. The maximum atomic E-state index is 13.1. The molecule has 3 nitrogen and oxygen atoms in total. The highest BCUT2D eigenvalue weighted by Gasteiger charge is 2.13. The third-order valence-electron chi connectivity index (χ3n) is 1.82. The van der Waals surface area contributed by atoms with Gasteiger partial charge in [0.1, 0.15) is 6.61 Å². The van der Waals surface area contributed by atoms with Crippen LogP contribution in [0.25, 0.3) is 0 Å². The van der Waals surface area contributed by atoms with Gasteiger partial charge in [0.05, 0.1) is 0 Å². The minimum atomic E-state index is -1.62. The SMILES string of the molecule is C/C=C/COc1cc(B(O)O)ccc1F.